The summed E-state index contributed by atoms with van der Waals surface area (Å²) in [5.74, 6) is 1.59. The van der Waals surface area contributed by atoms with Crippen molar-refractivity contribution in [2.75, 3.05) is 5.73 Å². The van der Waals surface area contributed by atoms with E-state index in [9.17, 15) is 0 Å². The third-order valence-corrected chi connectivity index (χ3v) is 3.52. The zero-order chi connectivity index (χ0) is 14.8. The van der Waals surface area contributed by atoms with E-state index in [0.717, 1.165) is 23.7 Å². The minimum Gasteiger partial charge on any atom is -0.486 e. The number of ether oxygens (including phenoxy) is 1. The summed E-state index contributed by atoms with van der Waals surface area (Å²) >= 11 is 0. The highest BCUT2D eigenvalue weighted by atomic mass is 16.5. The van der Waals surface area contributed by atoms with Crippen LogP contribution in [0.4, 0.5) is 5.69 Å². The number of rotatable bonds is 4. The molecular formula is C16H18N4O. The van der Waals surface area contributed by atoms with E-state index in [1.165, 1.54) is 5.56 Å². The maximum atomic E-state index is 5.92. The van der Waals surface area contributed by atoms with Crippen LogP contribution in [0.15, 0.2) is 36.4 Å². The zero-order valence-corrected chi connectivity index (χ0v) is 12.2. The Bertz CT molecular complexity index is 779. The first kappa shape index (κ1) is 13.4. The predicted molar refractivity (Wildman–Crippen MR) is 82.3 cm³/mol. The molecular weight excluding hydrogens is 264 g/mol. The molecule has 0 saturated heterocycles. The fourth-order valence-electron chi connectivity index (χ4n) is 2.33. The lowest BCUT2D eigenvalue weighted by atomic mass is 10.2. The summed E-state index contributed by atoms with van der Waals surface area (Å²) in [6.07, 6.45) is 0.987. The van der Waals surface area contributed by atoms with Crippen molar-refractivity contribution in [1.29, 1.82) is 0 Å². The van der Waals surface area contributed by atoms with Crippen molar-refractivity contribution in [3.63, 3.8) is 0 Å². The van der Waals surface area contributed by atoms with Crippen LogP contribution in [0.5, 0.6) is 5.75 Å². The van der Waals surface area contributed by atoms with Gasteiger partial charge in [-0.05, 0) is 43.2 Å². The summed E-state index contributed by atoms with van der Waals surface area (Å²) in [6, 6.07) is 11.9. The Morgan fingerprint density at radius 3 is 2.86 bits per heavy atom. The van der Waals surface area contributed by atoms with Crippen LogP contribution in [0.2, 0.25) is 0 Å². The number of aromatic nitrogens is 3. The fraction of sp³-hybridized carbons (Fsp3) is 0.250. The van der Waals surface area contributed by atoms with Crippen molar-refractivity contribution in [1.82, 2.24) is 14.6 Å². The molecule has 0 aliphatic rings. The highest BCUT2D eigenvalue weighted by Gasteiger charge is 2.10. The lowest BCUT2D eigenvalue weighted by molar-refractivity contribution is 0.294. The van der Waals surface area contributed by atoms with Crippen molar-refractivity contribution in [3.8, 4) is 5.75 Å². The summed E-state index contributed by atoms with van der Waals surface area (Å²) < 4.78 is 7.76. The first-order valence-electron chi connectivity index (χ1n) is 7.00. The van der Waals surface area contributed by atoms with E-state index < -0.39 is 0 Å². The normalized spacial score (nSPS) is 11.0. The van der Waals surface area contributed by atoms with Crippen LogP contribution < -0.4 is 10.5 Å². The van der Waals surface area contributed by atoms with Gasteiger partial charge in [0.15, 0.2) is 11.5 Å². The number of nitrogen functional groups attached to an aromatic ring is 1. The number of benzene rings is 1. The number of pyridine rings is 1. The summed E-state index contributed by atoms with van der Waals surface area (Å²) in [6.45, 7) is 4.48. The molecule has 0 aliphatic heterocycles. The molecule has 0 aliphatic carbocycles. The SMILES string of the molecule is CCc1cccc(OCc2nnc3c(N)ccc(C)n23)c1. The second-order valence-corrected chi connectivity index (χ2v) is 4.99. The number of nitrogens with zero attached hydrogens (tertiary/aromatic N) is 3. The molecule has 5 nitrogen and oxygen atoms in total. The van der Waals surface area contributed by atoms with E-state index in [1.54, 1.807) is 0 Å². The number of hydrogen-bond donors (Lipinski definition) is 1. The Balaban J connectivity index is 1.87. The fourth-order valence-corrected chi connectivity index (χ4v) is 2.33. The van der Waals surface area contributed by atoms with E-state index in [1.807, 2.05) is 41.7 Å². The Labute approximate surface area is 123 Å². The van der Waals surface area contributed by atoms with Gasteiger partial charge in [-0.15, -0.1) is 10.2 Å². The molecule has 0 atom stereocenters. The van der Waals surface area contributed by atoms with Crippen LogP contribution in [-0.4, -0.2) is 14.6 Å². The van der Waals surface area contributed by atoms with Crippen molar-refractivity contribution in [2.45, 2.75) is 26.9 Å². The molecule has 0 radical (unpaired) electrons. The standard InChI is InChI=1S/C16H18N4O/c1-3-12-5-4-6-13(9-12)21-10-15-18-19-16-14(17)8-7-11(2)20(15)16/h4-9H,3,10,17H2,1-2H3. The molecule has 0 bridgehead atoms. The van der Waals surface area contributed by atoms with Crippen LogP contribution in [0.25, 0.3) is 5.65 Å². The highest BCUT2D eigenvalue weighted by Crippen LogP contribution is 2.18. The molecule has 1 aromatic carbocycles. The monoisotopic (exact) mass is 282 g/mol. The molecule has 21 heavy (non-hydrogen) atoms. The van der Waals surface area contributed by atoms with E-state index in [-0.39, 0.29) is 0 Å². The van der Waals surface area contributed by atoms with Crippen LogP contribution in [0, 0.1) is 6.92 Å². The molecule has 0 spiro atoms. The first-order valence-corrected chi connectivity index (χ1v) is 7.00. The Morgan fingerprint density at radius 2 is 2.05 bits per heavy atom. The molecule has 0 saturated carbocycles. The smallest absolute Gasteiger partial charge is 0.184 e. The minimum absolute atomic E-state index is 0.360. The van der Waals surface area contributed by atoms with Crippen LogP contribution in [0.3, 0.4) is 0 Å². The number of fused-ring (bicyclic) bond motifs is 1. The molecule has 0 fully saturated rings. The second kappa shape index (κ2) is 5.44. The van der Waals surface area contributed by atoms with E-state index >= 15 is 0 Å². The number of nitrogens with two attached hydrogens (primary N) is 1. The van der Waals surface area contributed by atoms with Gasteiger partial charge >= 0.3 is 0 Å². The quantitative estimate of drug-likeness (QED) is 0.799. The van der Waals surface area contributed by atoms with Crippen molar-refractivity contribution < 1.29 is 4.74 Å². The number of aryl methyl sites for hydroxylation is 2. The lowest BCUT2D eigenvalue weighted by Crippen LogP contribution is -2.04. The minimum atomic E-state index is 0.360. The van der Waals surface area contributed by atoms with Crippen LogP contribution >= 0.6 is 0 Å². The molecule has 5 heteroatoms. The average Bonchev–Trinajstić information content (AvgIpc) is 2.94. The maximum Gasteiger partial charge on any atom is 0.184 e. The summed E-state index contributed by atoms with van der Waals surface area (Å²) in [4.78, 5) is 0. The third-order valence-electron chi connectivity index (χ3n) is 3.52. The molecule has 108 valence electrons. The predicted octanol–water partition coefficient (Wildman–Crippen LogP) is 2.76. The number of hydrogen-bond acceptors (Lipinski definition) is 4. The maximum absolute atomic E-state index is 5.92. The van der Waals surface area contributed by atoms with E-state index in [4.69, 9.17) is 10.5 Å². The van der Waals surface area contributed by atoms with Gasteiger partial charge in [-0.3, -0.25) is 4.40 Å². The van der Waals surface area contributed by atoms with Crippen LogP contribution in [0.1, 0.15) is 24.0 Å². The first-order chi connectivity index (χ1) is 10.2. The lowest BCUT2D eigenvalue weighted by Gasteiger charge is -2.08. The summed E-state index contributed by atoms with van der Waals surface area (Å²) in [5.41, 5.74) is 9.50. The second-order valence-electron chi connectivity index (χ2n) is 4.99. The summed E-state index contributed by atoms with van der Waals surface area (Å²) in [7, 11) is 0. The van der Waals surface area contributed by atoms with E-state index in [0.29, 0.717) is 17.9 Å². The highest BCUT2D eigenvalue weighted by molar-refractivity contribution is 5.64. The topological polar surface area (TPSA) is 65.4 Å². The van der Waals surface area contributed by atoms with Crippen molar-refractivity contribution in [3.05, 3.63) is 53.5 Å². The molecule has 0 unspecified atom stereocenters. The van der Waals surface area contributed by atoms with Gasteiger partial charge in [0.2, 0.25) is 0 Å². The Kier molecular flexibility index (Phi) is 3.48. The van der Waals surface area contributed by atoms with Gasteiger partial charge in [0, 0.05) is 5.69 Å². The van der Waals surface area contributed by atoms with Gasteiger partial charge in [-0.25, -0.2) is 0 Å². The molecule has 2 heterocycles. The van der Waals surface area contributed by atoms with Crippen molar-refractivity contribution in [2.24, 2.45) is 0 Å². The van der Waals surface area contributed by atoms with Gasteiger partial charge in [0.1, 0.15) is 12.4 Å². The molecule has 3 rings (SSSR count). The Hall–Kier alpha value is -2.56. The third kappa shape index (κ3) is 2.54. The van der Waals surface area contributed by atoms with Gasteiger partial charge in [0.05, 0.1) is 5.69 Å². The van der Waals surface area contributed by atoms with Gasteiger partial charge < -0.3 is 10.5 Å². The van der Waals surface area contributed by atoms with Gasteiger partial charge in [-0.1, -0.05) is 19.1 Å². The summed E-state index contributed by atoms with van der Waals surface area (Å²) in [5, 5.41) is 8.32. The van der Waals surface area contributed by atoms with Crippen LogP contribution in [-0.2, 0) is 13.0 Å². The zero-order valence-electron chi connectivity index (χ0n) is 12.2. The van der Waals surface area contributed by atoms with E-state index in [2.05, 4.69) is 23.2 Å². The molecule has 2 N–H and O–H groups in total. The molecule has 3 aromatic rings. The average molecular weight is 282 g/mol. The largest absolute Gasteiger partial charge is 0.486 e. The van der Waals surface area contributed by atoms with Gasteiger partial charge in [-0.2, -0.15) is 0 Å². The van der Waals surface area contributed by atoms with Crippen molar-refractivity contribution >= 4 is 11.3 Å². The van der Waals surface area contributed by atoms with Gasteiger partial charge in [0.25, 0.3) is 0 Å². The molecule has 2 aromatic heterocycles. The Morgan fingerprint density at radius 1 is 1.19 bits per heavy atom. The number of anilines is 1. The molecule has 0 amide bonds.